The van der Waals surface area contributed by atoms with Crippen molar-refractivity contribution >= 4 is 11.4 Å². The molecule has 4 nitrogen and oxygen atoms in total. The molecule has 0 saturated carbocycles. The van der Waals surface area contributed by atoms with Crippen LogP contribution in [0.1, 0.15) is 32.4 Å². The lowest BCUT2D eigenvalue weighted by molar-refractivity contribution is 0.318. The molecule has 1 heterocycles. The Labute approximate surface area is 126 Å². The second-order valence-corrected chi connectivity index (χ2v) is 5.30. The van der Waals surface area contributed by atoms with Crippen molar-refractivity contribution in [3.05, 3.63) is 42.4 Å². The Hall–Kier alpha value is -2.10. The molecule has 0 aliphatic rings. The number of nitrogen functional groups attached to an aromatic ring is 1. The van der Waals surface area contributed by atoms with Gasteiger partial charge in [0.25, 0.3) is 0 Å². The second-order valence-electron chi connectivity index (χ2n) is 5.30. The normalized spacial score (nSPS) is 12.1. The molecule has 0 spiro atoms. The molecular weight excluding hydrogens is 264 g/mol. The van der Waals surface area contributed by atoms with E-state index in [9.17, 15) is 0 Å². The lowest BCUT2D eigenvalue weighted by Crippen LogP contribution is -2.16. The molecule has 0 aliphatic heterocycles. The van der Waals surface area contributed by atoms with E-state index in [0.717, 1.165) is 36.5 Å². The van der Waals surface area contributed by atoms with Gasteiger partial charge in [-0.3, -0.25) is 0 Å². The smallest absolute Gasteiger partial charge is 0.123 e. The van der Waals surface area contributed by atoms with Gasteiger partial charge in [-0.25, -0.2) is 0 Å². The maximum absolute atomic E-state index is 5.92. The van der Waals surface area contributed by atoms with Gasteiger partial charge in [0.05, 0.1) is 12.9 Å². The summed E-state index contributed by atoms with van der Waals surface area (Å²) in [4.78, 5) is 0. The van der Waals surface area contributed by atoms with Crippen LogP contribution in [0.2, 0.25) is 0 Å². The summed E-state index contributed by atoms with van der Waals surface area (Å²) in [7, 11) is 0. The Kier molecular flexibility index (Phi) is 5.55. The highest BCUT2D eigenvalue weighted by molar-refractivity contribution is 5.59. The molecule has 1 aromatic heterocycles. The Morgan fingerprint density at radius 3 is 2.90 bits per heavy atom. The van der Waals surface area contributed by atoms with Gasteiger partial charge in [-0.05, 0) is 38.0 Å². The van der Waals surface area contributed by atoms with Crippen LogP contribution in [0.3, 0.4) is 0 Å². The van der Waals surface area contributed by atoms with Crippen LogP contribution in [-0.4, -0.2) is 12.6 Å². The lowest BCUT2D eigenvalue weighted by atomic mass is 10.1. The van der Waals surface area contributed by atoms with Crippen molar-refractivity contribution in [2.75, 3.05) is 17.7 Å². The first-order valence-electron chi connectivity index (χ1n) is 7.49. The summed E-state index contributed by atoms with van der Waals surface area (Å²) in [6.45, 7) is 4.94. The van der Waals surface area contributed by atoms with E-state index in [4.69, 9.17) is 14.9 Å². The number of hydrogen-bond acceptors (Lipinski definition) is 4. The quantitative estimate of drug-likeness (QED) is 0.718. The summed E-state index contributed by atoms with van der Waals surface area (Å²) in [6, 6.07) is 10.0. The zero-order chi connectivity index (χ0) is 15.1. The molecule has 2 aromatic rings. The van der Waals surface area contributed by atoms with Crippen molar-refractivity contribution in [1.29, 1.82) is 0 Å². The fourth-order valence-corrected chi connectivity index (χ4v) is 2.18. The molecule has 21 heavy (non-hydrogen) atoms. The van der Waals surface area contributed by atoms with Crippen molar-refractivity contribution in [1.82, 2.24) is 0 Å². The second kappa shape index (κ2) is 7.62. The predicted molar refractivity (Wildman–Crippen MR) is 86.8 cm³/mol. The zero-order valence-corrected chi connectivity index (χ0v) is 12.8. The van der Waals surface area contributed by atoms with Gasteiger partial charge in [0.1, 0.15) is 11.5 Å². The van der Waals surface area contributed by atoms with Crippen LogP contribution in [-0.2, 0) is 6.42 Å². The first-order valence-corrected chi connectivity index (χ1v) is 7.49. The van der Waals surface area contributed by atoms with Crippen LogP contribution in [0.25, 0.3) is 0 Å². The molecule has 1 atom stereocenters. The fraction of sp³-hybridized carbons (Fsp3) is 0.412. The number of rotatable bonds is 8. The SMILES string of the molecule is CCCOc1cc(N)cc(NC(C)CCc2ccco2)c1. The number of aryl methyl sites for hydroxylation is 1. The summed E-state index contributed by atoms with van der Waals surface area (Å²) in [5.41, 5.74) is 7.63. The molecule has 0 aliphatic carbocycles. The molecule has 0 saturated heterocycles. The number of nitrogens with one attached hydrogen (secondary N) is 1. The molecule has 1 aromatic carbocycles. The third kappa shape index (κ3) is 5.06. The van der Waals surface area contributed by atoms with Crippen LogP contribution in [0.15, 0.2) is 41.0 Å². The highest BCUT2D eigenvalue weighted by Crippen LogP contribution is 2.24. The van der Waals surface area contributed by atoms with Gasteiger partial charge < -0.3 is 20.2 Å². The number of nitrogens with two attached hydrogens (primary N) is 1. The predicted octanol–water partition coefficient (Wildman–Crippen LogP) is 4.08. The van der Waals surface area contributed by atoms with Crippen molar-refractivity contribution in [3.8, 4) is 5.75 Å². The number of hydrogen-bond donors (Lipinski definition) is 2. The minimum atomic E-state index is 0.330. The van der Waals surface area contributed by atoms with E-state index < -0.39 is 0 Å². The largest absolute Gasteiger partial charge is 0.493 e. The van der Waals surface area contributed by atoms with Gasteiger partial charge in [0, 0.05) is 36.0 Å². The van der Waals surface area contributed by atoms with E-state index in [0.29, 0.717) is 18.3 Å². The molecule has 1 unspecified atom stereocenters. The molecular formula is C17H24N2O2. The van der Waals surface area contributed by atoms with Crippen LogP contribution in [0, 0.1) is 0 Å². The standard InChI is InChI=1S/C17H24N2O2/c1-3-8-20-17-11-14(18)10-15(12-17)19-13(2)6-7-16-5-4-9-21-16/h4-5,9-13,19H,3,6-8,18H2,1-2H3. The topological polar surface area (TPSA) is 60.4 Å². The first kappa shape index (κ1) is 15.3. The third-order valence-corrected chi connectivity index (χ3v) is 3.22. The molecule has 0 fully saturated rings. The van der Waals surface area contributed by atoms with Crippen LogP contribution in [0.4, 0.5) is 11.4 Å². The van der Waals surface area contributed by atoms with Gasteiger partial charge in [-0.15, -0.1) is 0 Å². The minimum absolute atomic E-state index is 0.330. The highest BCUT2D eigenvalue weighted by Gasteiger charge is 2.06. The third-order valence-electron chi connectivity index (χ3n) is 3.22. The minimum Gasteiger partial charge on any atom is -0.493 e. The van der Waals surface area contributed by atoms with Crippen molar-refractivity contribution in [2.24, 2.45) is 0 Å². The Bertz CT molecular complexity index is 538. The summed E-state index contributed by atoms with van der Waals surface area (Å²) in [5, 5.41) is 3.46. The molecule has 0 bridgehead atoms. The van der Waals surface area contributed by atoms with Crippen molar-refractivity contribution in [3.63, 3.8) is 0 Å². The average Bonchev–Trinajstić information content (AvgIpc) is 2.95. The molecule has 3 N–H and O–H groups in total. The highest BCUT2D eigenvalue weighted by atomic mass is 16.5. The van der Waals surface area contributed by atoms with Crippen LogP contribution in [0.5, 0.6) is 5.75 Å². The molecule has 0 radical (unpaired) electrons. The Morgan fingerprint density at radius 2 is 2.19 bits per heavy atom. The lowest BCUT2D eigenvalue weighted by Gasteiger charge is -2.16. The van der Waals surface area contributed by atoms with Crippen molar-refractivity contribution in [2.45, 2.75) is 39.2 Å². The van der Waals surface area contributed by atoms with E-state index in [1.54, 1.807) is 6.26 Å². The number of furan rings is 1. The molecule has 4 heteroatoms. The van der Waals surface area contributed by atoms with E-state index in [-0.39, 0.29) is 0 Å². The van der Waals surface area contributed by atoms with E-state index in [1.165, 1.54) is 0 Å². The van der Waals surface area contributed by atoms with Gasteiger partial charge in [-0.2, -0.15) is 0 Å². The Balaban J connectivity index is 1.90. The van der Waals surface area contributed by atoms with E-state index in [1.807, 2.05) is 30.3 Å². The van der Waals surface area contributed by atoms with E-state index >= 15 is 0 Å². The molecule has 2 rings (SSSR count). The number of ether oxygens (including phenoxy) is 1. The summed E-state index contributed by atoms with van der Waals surface area (Å²) < 4.78 is 11.0. The van der Waals surface area contributed by atoms with Gasteiger partial charge in [-0.1, -0.05) is 6.92 Å². The van der Waals surface area contributed by atoms with Crippen LogP contribution >= 0.6 is 0 Å². The number of benzene rings is 1. The van der Waals surface area contributed by atoms with Gasteiger partial charge >= 0.3 is 0 Å². The molecule has 0 amide bonds. The van der Waals surface area contributed by atoms with Gasteiger partial charge in [0.15, 0.2) is 0 Å². The zero-order valence-electron chi connectivity index (χ0n) is 12.8. The van der Waals surface area contributed by atoms with Gasteiger partial charge in [0.2, 0.25) is 0 Å². The monoisotopic (exact) mass is 288 g/mol. The number of anilines is 2. The summed E-state index contributed by atoms with van der Waals surface area (Å²) in [6.07, 6.45) is 4.61. The Morgan fingerprint density at radius 1 is 1.33 bits per heavy atom. The van der Waals surface area contributed by atoms with Crippen LogP contribution < -0.4 is 15.8 Å². The first-order chi connectivity index (χ1) is 10.2. The average molecular weight is 288 g/mol. The summed E-state index contributed by atoms with van der Waals surface area (Å²) in [5.74, 6) is 1.83. The maximum atomic E-state index is 5.92. The van der Waals surface area contributed by atoms with E-state index in [2.05, 4.69) is 19.2 Å². The molecule has 114 valence electrons. The van der Waals surface area contributed by atoms with Crippen molar-refractivity contribution < 1.29 is 9.15 Å². The summed E-state index contributed by atoms with van der Waals surface area (Å²) >= 11 is 0. The maximum Gasteiger partial charge on any atom is 0.123 e. The fourth-order valence-electron chi connectivity index (χ4n) is 2.18.